The summed E-state index contributed by atoms with van der Waals surface area (Å²) in [6, 6.07) is 5.57. The van der Waals surface area contributed by atoms with E-state index >= 15 is 0 Å². The highest BCUT2D eigenvalue weighted by molar-refractivity contribution is 5.23. The molecule has 0 spiro atoms. The van der Waals surface area contributed by atoms with Gasteiger partial charge in [-0.15, -0.1) is 0 Å². The third-order valence-electron chi connectivity index (χ3n) is 3.10. The maximum atomic E-state index is 13.3. The minimum atomic E-state index is -0.0837. The van der Waals surface area contributed by atoms with Crippen molar-refractivity contribution in [3.63, 3.8) is 0 Å². The molecule has 1 saturated heterocycles. The van der Waals surface area contributed by atoms with E-state index in [1.807, 2.05) is 12.1 Å². The van der Waals surface area contributed by atoms with E-state index in [-0.39, 0.29) is 5.82 Å². The maximum Gasteiger partial charge on any atom is 0.126 e. The van der Waals surface area contributed by atoms with Gasteiger partial charge in [-0.2, -0.15) is 0 Å². The summed E-state index contributed by atoms with van der Waals surface area (Å²) in [5.41, 5.74) is 1.84. The van der Waals surface area contributed by atoms with Crippen LogP contribution in [0.25, 0.3) is 0 Å². The molecule has 1 heterocycles. The Balaban J connectivity index is 2.00. The molecule has 1 fully saturated rings. The molecular formula is C13H17FO. The third-order valence-corrected chi connectivity index (χ3v) is 3.10. The number of hydrogen-bond donors (Lipinski definition) is 0. The molecule has 2 rings (SSSR count). The van der Waals surface area contributed by atoms with E-state index in [0.29, 0.717) is 5.92 Å². The summed E-state index contributed by atoms with van der Waals surface area (Å²) in [7, 11) is 0. The molecule has 0 radical (unpaired) electrons. The predicted octanol–water partition coefficient (Wildman–Crippen LogP) is 3.10. The van der Waals surface area contributed by atoms with Crippen molar-refractivity contribution in [2.24, 2.45) is 5.92 Å². The lowest BCUT2D eigenvalue weighted by molar-refractivity contribution is 0.0665. The minimum absolute atomic E-state index is 0.0837. The van der Waals surface area contributed by atoms with Crippen LogP contribution in [0.4, 0.5) is 4.39 Å². The van der Waals surface area contributed by atoms with Crippen molar-refractivity contribution in [1.29, 1.82) is 0 Å². The van der Waals surface area contributed by atoms with Crippen LogP contribution in [0.3, 0.4) is 0 Å². The highest BCUT2D eigenvalue weighted by Crippen LogP contribution is 2.21. The van der Waals surface area contributed by atoms with Gasteiger partial charge in [-0.3, -0.25) is 0 Å². The molecule has 0 amide bonds. The fourth-order valence-electron chi connectivity index (χ4n) is 2.05. The van der Waals surface area contributed by atoms with Gasteiger partial charge in [0, 0.05) is 13.2 Å². The van der Waals surface area contributed by atoms with Crippen molar-refractivity contribution in [3.8, 4) is 0 Å². The van der Waals surface area contributed by atoms with Crippen molar-refractivity contribution in [2.45, 2.75) is 26.2 Å². The third kappa shape index (κ3) is 2.78. The number of rotatable bonds is 2. The van der Waals surface area contributed by atoms with Crippen LogP contribution in [0.5, 0.6) is 0 Å². The van der Waals surface area contributed by atoms with E-state index < -0.39 is 0 Å². The zero-order chi connectivity index (χ0) is 10.7. The van der Waals surface area contributed by atoms with Crippen molar-refractivity contribution >= 4 is 0 Å². The average Bonchev–Trinajstić information content (AvgIpc) is 2.25. The summed E-state index contributed by atoms with van der Waals surface area (Å²) >= 11 is 0. The van der Waals surface area contributed by atoms with Crippen LogP contribution in [-0.2, 0) is 11.2 Å². The quantitative estimate of drug-likeness (QED) is 0.725. The lowest BCUT2D eigenvalue weighted by Gasteiger charge is -2.22. The summed E-state index contributed by atoms with van der Waals surface area (Å²) < 4.78 is 18.6. The molecule has 0 N–H and O–H groups in total. The summed E-state index contributed by atoms with van der Waals surface area (Å²) in [6.45, 7) is 3.52. The van der Waals surface area contributed by atoms with Gasteiger partial charge in [-0.1, -0.05) is 12.1 Å². The molecule has 1 aromatic carbocycles. The number of aryl methyl sites for hydroxylation is 1. The van der Waals surface area contributed by atoms with E-state index in [9.17, 15) is 4.39 Å². The minimum Gasteiger partial charge on any atom is -0.381 e. The molecule has 15 heavy (non-hydrogen) atoms. The van der Waals surface area contributed by atoms with E-state index in [0.717, 1.165) is 43.6 Å². The van der Waals surface area contributed by atoms with E-state index in [1.54, 1.807) is 13.0 Å². The van der Waals surface area contributed by atoms with Crippen LogP contribution in [0.1, 0.15) is 24.0 Å². The monoisotopic (exact) mass is 208 g/mol. The standard InChI is InChI=1S/C13H17FO/c1-10-2-3-12(9-13(10)14)8-11-4-6-15-7-5-11/h2-3,9,11H,4-8H2,1H3. The molecule has 82 valence electrons. The molecule has 0 unspecified atom stereocenters. The molecule has 0 bridgehead atoms. The summed E-state index contributed by atoms with van der Waals surface area (Å²) in [5.74, 6) is 0.584. The van der Waals surface area contributed by atoms with Gasteiger partial charge in [0.15, 0.2) is 0 Å². The van der Waals surface area contributed by atoms with Gasteiger partial charge < -0.3 is 4.74 Å². The number of halogens is 1. The van der Waals surface area contributed by atoms with E-state index in [2.05, 4.69) is 0 Å². The topological polar surface area (TPSA) is 9.23 Å². The van der Waals surface area contributed by atoms with Crippen molar-refractivity contribution < 1.29 is 9.13 Å². The Morgan fingerprint density at radius 1 is 1.33 bits per heavy atom. The molecular weight excluding hydrogens is 191 g/mol. The van der Waals surface area contributed by atoms with Crippen LogP contribution >= 0.6 is 0 Å². The normalized spacial score (nSPS) is 18.0. The van der Waals surface area contributed by atoms with Gasteiger partial charge in [0.2, 0.25) is 0 Å². The zero-order valence-electron chi connectivity index (χ0n) is 9.13. The molecule has 2 heteroatoms. The predicted molar refractivity (Wildman–Crippen MR) is 58.4 cm³/mol. The second-order valence-electron chi connectivity index (χ2n) is 4.34. The second-order valence-corrected chi connectivity index (χ2v) is 4.34. The van der Waals surface area contributed by atoms with Crippen molar-refractivity contribution in [3.05, 3.63) is 35.1 Å². The number of ether oxygens (including phenoxy) is 1. The molecule has 0 aromatic heterocycles. The van der Waals surface area contributed by atoms with Crippen LogP contribution in [0, 0.1) is 18.7 Å². The Morgan fingerprint density at radius 3 is 2.73 bits per heavy atom. The first-order valence-electron chi connectivity index (χ1n) is 5.58. The van der Waals surface area contributed by atoms with Gasteiger partial charge in [0.25, 0.3) is 0 Å². The second kappa shape index (κ2) is 4.75. The van der Waals surface area contributed by atoms with E-state index in [4.69, 9.17) is 4.74 Å². The van der Waals surface area contributed by atoms with Gasteiger partial charge in [-0.05, 0) is 49.3 Å². The highest BCUT2D eigenvalue weighted by Gasteiger charge is 2.14. The molecule has 1 aliphatic rings. The average molecular weight is 208 g/mol. The van der Waals surface area contributed by atoms with Crippen LogP contribution < -0.4 is 0 Å². The fourth-order valence-corrected chi connectivity index (χ4v) is 2.05. The Bertz CT molecular complexity index is 329. The zero-order valence-corrected chi connectivity index (χ0v) is 9.13. The van der Waals surface area contributed by atoms with Crippen LogP contribution in [0.15, 0.2) is 18.2 Å². The Labute approximate surface area is 90.3 Å². The molecule has 0 atom stereocenters. The SMILES string of the molecule is Cc1ccc(CC2CCOCC2)cc1F. The molecule has 1 nitrogen and oxygen atoms in total. The van der Waals surface area contributed by atoms with Crippen molar-refractivity contribution in [2.75, 3.05) is 13.2 Å². The van der Waals surface area contributed by atoms with Gasteiger partial charge in [0.05, 0.1) is 0 Å². The van der Waals surface area contributed by atoms with Crippen LogP contribution in [-0.4, -0.2) is 13.2 Å². The fraction of sp³-hybridized carbons (Fsp3) is 0.538. The largest absolute Gasteiger partial charge is 0.381 e. The first-order chi connectivity index (χ1) is 7.25. The first kappa shape index (κ1) is 10.6. The summed E-state index contributed by atoms with van der Waals surface area (Å²) in [6.07, 6.45) is 3.20. The van der Waals surface area contributed by atoms with Gasteiger partial charge in [0.1, 0.15) is 5.82 Å². The maximum absolute atomic E-state index is 13.3. The highest BCUT2D eigenvalue weighted by atomic mass is 19.1. The lowest BCUT2D eigenvalue weighted by Crippen LogP contribution is -2.17. The molecule has 0 aliphatic carbocycles. The number of benzene rings is 1. The smallest absolute Gasteiger partial charge is 0.126 e. The Morgan fingerprint density at radius 2 is 2.07 bits per heavy atom. The van der Waals surface area contributed by atoms with Crippen molar-refractivity contribution in [1.82, 2.24) is 0 Å². The summed E-state index contributed by atoms with van der Waals surface area (Å²) in [5, 5.41) is 0. The summed E-state index contributed by atoms with van der Waals surface area (Å²) in [4.78, 5) is 0. The molecule has 1 aromatic rings. The number of hydrogen-bond acceptors (Lipinski definition) is 1. The molecule has 0 saturated carbocycles. The van der Waals surface area contributed by atoms with E-state index in [1.165, 1.54) is 0 Å². The lowest BCUT2D eigenvalue weighted by atomic mass is 9.92. The van der Waals surface area contributed by atoms with Gasteiger partial charge in [-0.25, -0.2) is 4.39 Å². The Hall–Kier alpha value is -0.890. The van der Waals surface area contributed by atoms with Crippen LogP contribution in [0.2, 0.25) is 0 Å². The first-order valence-corrected chi connectivity index (χ1v) is 5.58. The molecule has 1 aliphatic heterocycles. The van der Waals surface area contributed by atoms with Gasteiger partial charge >= 0.3 is 0 Å². The Kier molecular flexibility index (Phi) is 3.37.